The van der Waals surface area contributed by atoms with E-state index >= 15 is 0 Å². The Hall–Kier alpha value is -1.40. The maximum absolute atomic E-state index is 12.2. The van der Waals surface area contributed by atoms with E-state index < -0.39 is 10.0 Å². The van der Waals surface area contributed by atoms with Crippen LogP contribution in [0.15, 0.2) is 53.4 Å². The van der Waals surface area contributed by atoms with E-state index in [4.69, 9.17) is 17.3 Å². The predicted molar refractivity (Wildman–Crippen MR) is 84.7 cm³/mol. The Kier molecular flexibility index (Phi) is 5.36. The van der Waals surface area contributed by atoms with Crippen molar-refractivity contribution in [2.24, 2.45) is 5.73 Å². The molecule has 0 aromatic heterocycles. The Balaban J connectivity index is 2.03. The van der Waals surface area contributed by atoms with Crippen LogP contribution >= 0.6 is 11.6 Å². The van der Waals surface area contributed by atoms with E-state index in [0.29, 0.717) is 18.0 Å². The van der Waals surface area contributed by atoms with Gasteiger partial charge in [0.2, 0.25) is 10.0 Å². The highest BCUT2D eigenvalue weighted by atomic mass is 35.5. The van der Waals surface area contributed by atoms with Gasteiger partial charge in [0.15, 0.2) is 0 Å². The zero-order valence-electron chi connectivity index (χ0n) is 11.4. The summed E-state index contributed by atoms with van der Waals surface area (Å²) < 4.78 is 26.9. The maximum Gasteiger partial charge on any atom is 0.240 e. The van der Waals surface area contributed by atoms with Crippen molar-refractivity contribution in [1.29, 1.82) is 0 Å². The standard InChI is InChI=1S/C15H17ClN2O2S/c16-15-10-14(7-6-13(15)11-17)21(19,20)18-9-8-12-4-2-1-3-5-12/h1-7,10,18H,8-9,11,17H2. The molecule has 3 N–H and O–H groups in total. The van der Waals surface area contributed by atoms with Crippen LogP contribution in [-0.4, -0.2) is 15.0 Å². The monoisotopic (exact) mass is 324 g/mol. The highest BCUT2D eigenvalue weighted by Crippen LogP contribution is 2.20. The lowest BCUT2D eigenvalue weighted by Crippen LogP contribution is -2.26. The first-order valence-electron chi connectivity index (χ1n) is 6.55. The summed E-state index contributed by atoms with van der Waals surface area (Å²) in [5, 5.41) is 0.364. The SMILES string of the molecule is NCc1ccc(S(=O)(=O)NCCc2ccccc2)cc1Cl. The molecular formula is C15H17ClN2O2S. The molecule has 4 nitrogen and oxygen atoms in total. The number of hydrogen-bond donors (Lipinski definition) is 2. The fraction of sp³-hybridized carbons (Fsp3) is 0.200. The molecule has 2 rings (SSSR count). The van der Waals surface area contributed by atoms with Gasteiger partial charge in [-0.1, -0.05) is 48.0 Å². The number of benzene rings is 2. The molecule has 0 aliphatic heterocycles. The molecule has 0 unspecified atom stereocenters. The average molecular weight is 325 g/mol. The molecule has 0 aliphatic rings. The summed E-state index contributed by atoms with van der Waals surface area (Å²) >= 11 is 5.99. The first-order chi connectivity index (χ1) is 10.0. The zero-order valence-corrected chi connectivity index (χ0v) is 13.0. The van der Waals surface area contributed by atoms with Gasteiger partial charge in [0, 0.05) is 18.1 Å². The summed E-state index contributed by atoms with van der Waals surface area (Å²) in [7, 11) is -3.55. The highest BCUT2D eigenvalue weighted by Gasteiger charge is 2.14. The Labute approximate surface area is 130 Å². The van der Waals surface area contributed by atoms with E-state index in [1.807, 2.05) is 30.3 Å². The van der Waals surface area contributed by atoms with Gasteiger partial charge in [-0.15, -0.1) is 0 Å². The summed E-state index contributed by atoms with van der Waals surface area (Å²) in [6, 6.07) is 14.3. The third kappa shape index (κ3) is 4.28. The lowest BCUT2D eigenvalue weighted by Gasteiger charge is -2.09. The first kappa shape index (κ1) is 16.0. The van der Waals surface area contributed by atoms with Gasteiger partial charge < -0.3 is 5.73 Å². The minimum atomic E-state index is -3.55. The van der Waals surface area contributed by atoms with Gasteiger partial charge in [0.1, 0.15) is 0 Å². The summed E-state index contributed by atoms with van der Waals surface area (Å²) in [4.78, 5) is 0.151. The van der Waals surface area contributed by atoms with Crippen molar-refractivity contribution in [3.05, 3.63) is 64.7 Å². The zero-order chi connectivity index (χ0) is 15.3. The third-order valence-electron chi connectivity index (χ3n) is 3.10. The van der Waals surface area contributed by atoms with Crippen LogP contribution in [0.25, 0.3) is 0 Å². The van der Waals surface area contributed by atoms with E-state index in [1.54, 1.807) is 6.07 Å². The van der Waals surface area contributed by atoms with Crippen molar-refractivity contribution in [3.63, 3.8) is 0 Å². The summed E-state index contributed by atoms with van der Waals surface area (Å²) in [5.41, 5.74) is 7.31. The first-order valence-corrected chi connectivity index (χ1v) is 8.41. The second-order valence-corrected chi connectivity index (χ2v) is 6.76. The summed E-state index contributed by atoms with van der Waals surface area (Å²) in [5.74, 6) is 0. The van der Waals surface area contributed by atoms with Crippen LogP contribution in [-0.2, 0) is 23.0 Å². The molecule has 0 atom stereocenters. The van der Waals surface area contributed by atoms with Gasteiger partial charge in [-0.25, -0.2) is 13.1 Å². The van der Waals surface area contributed by atoms with E-state index in [0.717, 1.165) is 11.1 Å². The highest BCUT2D eigenvalue weighted by molar-refractivity contribution is 7.89. The van der Waals surface area contributed by atoms with Crippen LogP contribution in [0.1, 0.15) is 11.1 Å². The minimum Gasteiger partial charge on any atom is -0.326 e. The number of rotatable bonds is 6. The van der Waals surface area contributed by atoms with Crippen LogP contribution in [0.3, 0.4) is 0 Å². The molecule has 2 aromatic carbocycles. The second-order valence-electron chi connectivity index (χ2n) is 4.59. The Morgan fingerprint density at radius 1 is 1.10 bits per heavy atom. The normalized spacial score (nSPS) is 11.5. The van der Waals surface area contributed by atoms with Crippen molar-refractivity contribution in [2.45, 2.75) is 17.9 Å². The van der Waals surface area contributed by atoms with Gasteiger partial charge in [0.05, 0.1) is 4.90 Å². The maximum atomic E-state index is 12.2. The molecule has 0 aliphatic carbocycles. The number of halogens is 1. The van der Waals surface area contributed by atoms with E-state index in [9.17, 15) is 8.42 Å². The third-order valence-corrected chi connectivity index (χ3v) is 4.91. The van der Waals surface area contributed by atoms with Crippen LogP contribution in [0, 0.1) is 0 Å². The van der Waals surface area contributed by atoms with E-state index in [1.165, 1.54) is 12.1 Å². The lowest BCUT2D eigenvalue weighted by atomic mass is 10.2. The molecule has 0 bridgehead atoms. The number of hydrogen-bond acceptors (Lipinski definition) is 3. The molecule has 0 saturated heterocycles. The van der Waals surface area contributed by atoms with Gasteiger partial charge in [0.25, 0.3) is 0 Å². The number of nitrogens with one attached hydrogen (secondary N) is 1. The van der Waals surface area contributed by atoms with Crippen LogP contribution in [0.4, 0.5) is 0 Å². The summed E-state index contributed by atoms with van der Waals surface area (Å²) in [6.45, 7) is 0.614. The molecular weight excluding hydrogens is 308 g/mol. The van der Waals surface area contributed by atoms with Gasteiger partial charge in [-0.2, -0.15) is 0 Å². The molecule has 0 fully saturated rings. The number of sulfonamides is 1. The van der Waals surface area contributed by atoms with Crippen LogP contribution < -0.4 is 10.5 Å². The molecule has 112 valence electrons. The minimum absolute atomic E-state index is 0.151. The molecule has 2 aromatic rings. The average Bonchev–Trinajstić information content (AvgIpc) is 2.48. The smallest absolute Gasteiger partial charge is 0.240 e. The predicted octanol–water partition coefficient (Wildman–Crippen LogP) is 2.32. The second kappa shape index (κ2) is 7.04. The molecule has 0 radical (unpaired) electrons. The van der Waals surface area contributed by atoms with Crippen molar-refractivity contribution in [3.8, 4) is 0 Å². The van der Waals surface area contributed by atoms with Crippen molar-refractivity contribution >= 4 is 21.6 Å². The topological polar surface area (TPSA) is 72.2 Å². The fourth-order valence-corrected chi connectivity index (χ4v) is 3.30. The Bertz CT molecular complexity index is 703. The fourth-order valence-electron chi connectivity index (χ4n) is 1.92. The molecule has 0 heterocycles. The molecule has 21 heavy (non-hydrogen) atoms. The van der Waals surface area contributed by atoms with E-state index in [-0.39, 0.29) is 11.4 Å². The van der Waals surface area contributed by atoms with Gasteiger partial charge in [-0.05, 0) is 29.7 Å². The summed E-state index contributed by atoms with van der Waals surface area (Å²) in [6.07, 6.45) is 0.634. The molecule has 0 spiro atoms. The largest absolute Gasteiger partial charge is 0.326 e. The Morgan fingerprint density at radius 3 is 2.43 bits per heavy atom. The van der Waals surface area contributed by atoms with Crippen molar-refractivity contribution < 1.29 is 8.42 Å². The van der Waals surface area contributed by atoms with E-state index in [2.05, 4.69) is 4.72 Å². The van der Waals surface area contributed by atoms with Crippen molar-refractivity contribution in [1.82, 2.24) is 4.72 Å². The van der Waals surface area contributed by atoms with Gasteiger partial charge in [-0.3, -0.25) is 0 Å². The quantitative estimate of drug-likeness (QED) is 0.856. The van der Waals surface area contributed by atoms with Crippen molar-refractivity contribution in [2.75, 3.05) is 6.54 Å². The lowest BCUT2D eigenvalue weighted by molar-refractivity contribution is 0.581. The molecule has 0 saturated carbocycles. The number of nitrogens with two attached hydrogens (primary N) is 1. The Morgan fingerprint density at radius 2 is 1.81 bits per heavy atom. The van der Waals surface area contributed by atoms with Gasteiger partial charge >= 0.3 is 0 Å². The van der Waals surface area contributed by atoms with Crippen LogP contribution in [0.5, 0.6) is 0 Å². The van der Waals surface area contributed by atoms with Crippen LogP contribution in [0.2, 0.25) is 5.02 Å². The molecule has 6 heteroatoms. The molecule has 0 amide bonds.